The van der Waals surface area contributed by atoms with Crippen molar-refractivity contribution >= 4 is 61.7 Å². The van der Waals surface area contributed by atoms with E-state index in [2.05, 4.69) is 27.3 Å². The van der Waals surface area contributed by atoms with Gasteiger partial charge in [0.15, 0.2) is 0 Å². The van der Waals surface area contributed by atoms with Crippen LogP contribution in [0.2, 0.25) is 0 Å². The van der Waals surface area contributed by atoms with Crippen LogP contribution in [0.5, 0.6) is 0 Å². The first-order valence-corrected chi connectivity index (χ1v) is 13.0. The van der Waals surface area contributed by atoms with Crippen molar-refractivity contribution in [1.82, 2.24) is 0 Å². The van der Waals surface area contributed by atoms with Crippen LogP contribution in [0.25, 0.3) is 10.8 Å². The number of para-hydroxylation sites is 1. The largest absolute Gasteiger partial charge is 0.321 e. The molecule has 1 aliphatic heterocycles. The molecule has 0 aromatic heterocycles. The van der Waals surface area contributed by atoms with Crippen LogP contribution < -0.4 is 10.2 Å². The number of hydrogen-bond acceptors (Lipinski definition) is 4. The zero-order chi connectivity index (χ0) is 25.1. The van der Waals surface area contributed by atoms with E-state index in [4.69, 9.17) is 0 Å². The Hall–Kier alpha value is -3.86. The number of nitriles is 1. The molecular formula is C29H20BrN3O2S. The average molecular weight is 554 g/mol. The predicted molar refractivity (Wildman–Crippen MR) is 148 cm³/mol. The molecule has 4 aromatic carbocycles. The second kappa shape index (κ2) is 10.4. The molecule has 7 heteroatoms. The highest BCUT2D eigenvalue weighted by atomic mass is 79.9. The molecule has 0 spiro atoms. The quantitative estimate of drug-likeness (QED) is 0.221. The molecule has 1 atom stereocenters. The number of hydrogen-bond donors (Lipinski definition) is 1. The Labute approximate surface area is 221 Å². The topological polar surface area (TPSA) is 73.2 Å². The summed E-state index contributed by atoms with van der Waals surface area (Å²) in [4.78, 5) is 28.5. The fourth-order valence-electron chi connectivity index (χ4n) is 4.15. The lowest BCUT2D eigenvalue weighted by Gasteiger charge is -2.18. The predicted octanol–water partition coefficient (Wildman–Crippen LogP) is 6.67. The number of nitrogens with one attached hydrogen (secondary N) is 1. The number of rotatable bonds is 5. The van der Waals surface area contributed by atoms with Crippen molar-refractivity contribution < 1.29 is 9.59 Å². The standard InChI is InChI=1S/C29H20BrN3O2S/c30-21-15-13-19(14-16-21)17-26-28(35)33(22-9-2-1-3-10-22)29(36-26)24(18-31)27(34)32-25-12-6-8-20-7-4-5-11-23(20)25/h1-16,26H,17H2,(H,32,34)/b29-24-. The number of nitrogens with zero attached hydrogens (tertiary/aromatic N) is 2. The number of halogens is 1. The van der Waals surface area contributed by atoms with Crippen molar-refractivity contribution in [3.05, 3.63) is 118 Å². The minimum atomic E-state index is -0.547. The Bertz CT molecular complexity index is 1520. The SMILES string of the molecule is N#C/C(C(=O)Nc1cccc2ccccc12)=C1/SC(Cc2ccc(Br)cc2)C(=O)N1c1ccccc1. The molecule has 1 saturated heterocycles. The van der Waals surface area contributed by atoms with E-state index in [1.165, 1.54) is 16.7 Å². The van der Waals surface area contributed by atoms with Crippen molar-refractivity contribution in [2.75, 3.05) is 10.2 Å². The van der Waals surface area contributed by atoms with Crippen LogP contribution in [0.15, 0.2) is 112 Å². The molecule has 5 nitrogen and oxygen atoms in total. The molecule has 4 aromatic rings. The molecule has 0 saturated carbocycles. The highest BCUT2D eigenvalue weighted by Crippen LogP contribution is 2.42. The van der Waals surface area contributed by atoms with Crippen LogP contribution in [0, 0.1) is 11.3 Å². The smallest absolute Gasteiger partial charge is 0.269 e. The number of benzene rings is 4. The second-order valence-corrected chi connectivity index (χ2v) is 10.3. The van der Waals surface area contributed by atoms with E-state index < -0.39 is 11.2 Å². The van der Waals surface area contributed by atoms with Gasteiger partial charge in [-0.25, -0.2) is 0 Å². The average Bonchev–Trinajstić information content (AvgIpc) is 3.21. The minimum absolute atomic E-state index is 0.0940. The number of carbonyl (C=O) groups excluding carboxylic acids is 2. The van der Waals surface area contributed by atoms with E-state index in [9.17, 15) is 14.9 Å². The Balaban J connectivity index is 1.52. The lowest BCUT2D eigenvalue weighted by molar-refractivity contribution is -0.117. The van der Waals surface area contributed by atoms with Gasteiger partial charge in [0.2, 0.25) is 5.91 Å². The maximum atomic E-state index is 13.6. The van der Waals surface area contributed by atoms with Crippen molar-refractivity contribution in [3.8, 4) is 6.07 Å². The van der Waals surface area contributed by atoms with Gasteiger partial charge >= 0.3 is 0 Å². The molecule has 2 amide bonds. The molecule has 1 N–H and O–H groups in total. The van der Waals surface area contributed by atoms with Gasteiger partial charge in [-0.15, -0.1) is 0 Å². The molecule has 176 valence electrons. The van der Waals surface area contributed by atoms with Crippen LogP contribution in [0.4, 0.5) is 11.4 Å². The molecule has 1 unspecified atom stereocenters. The number of carbonyl (C=O) groups is 2. The summed E-state index contributed by atoms with van der Waals surface area (Å²) in [6.07, 6.45) is 0.479. The summed E-state index contributed by atoms with van der Waals surface area (Å²) in [5, 5.41) is 14.7. The Kier molecular flexibility index (Phi) is 6.90. The molecular weight excluding hydrogens is 534 g/mol. The van der Waals surface area contributed by atoms with Crippen LogP contribution in [-0.2, 0) is 16.0 Å². The third-order valence-electron chi connectivity index (χ3n) is 5.89. The summed E-state index contributed by atoms with van der Waals surface area (Å²) in [6.45, 7) is 0. The molecule has 5 rings (SSSR count). The van der Waals surface area contributed by atoms with E-state index >= 15 is 0 Å². The third kappa shape index (κ3) is 4.78. The number of thioether (sulfide) groups is 1. The van der Waals surface area contributed by atoms with Gasteiger partial charge in [0.25, 0.3) is 5.91 Å². The van der Waals surface area contributed by atoms with E-state index in [0.29, 0.717) is 22.8 Å². The van der Waals surface area contributed by atoms with Gasteiger partial charge in [-0.3, -0.25) is 14.5 Å². The second-order valence-electron chi connectivity index (χ2n) is 8.22. The Morgan fingerprint density at radius 1 is 0.944 bits per heavy atom. The van der Waals surface area contributed by atoms with Gasteiger partial charge in [0.05, 0.1) is 5.25 Å². The van der Waals surface area contributed by atoms with Crippen molar-refractivity contribution in [2.45, 2.75) is 11.7 Å². The summed E-state index contributed by atoms with van der Waals surface area (Å²) in [7, 11) is 0. The van der Waals surface area contributed by atoms with Gasteiger partial charge in [-0.1, -0.05) is 94.4 Å². The fraction of sp³-hybridized carbons (Fsp3) is 0.0690. The van der Waals surface area contributed by atoms with Gasteiger partial charge in [0.1, 0.15) is 16.7 Å². The highest BCUT2D eigenvalue weighted by Gasteiger charge is 2.40. The summed E-state index contributed by atoms with van der Waals surface area (Å²) in [5.74, 6) is -0.704. The third-order valence-corrected chi connectivity index (χ3v) is 7.68. The first-order chi connectivity index (χ1) is 17.5. The van der Waals surface area contributed by atoms with E-state index in [-0.39, 0.29) is 11.5 Å². The van der Waals surface area contributed by atoms with Crippen molar-refractivity contribution in [3.63, 3.8) is 0 Å². The van der Waals surface area contributed by atoms with Crippen LogP contribution in [0.1, 0.15) is 5.56 Å². The fourth-order valence-corrected chi connectivity index (χ4v) is 5.73. The van der Waals surface area contributed by atoms with Gasteiger partial charge in [-0.2, -0.15) is 5.26 Å². The summed E-state index contributed by atoms with van der Waals surface area (Å²) < 4.78 is 0.958. The first-order valence-electron chi connectivity index (χ1n) is 11.3. The normalized spacial score (nSPS) is 16.6. The van der Waals surface area contributed by atoms with Gasteiger partial charge < -0.3 is 5.32 Å². The molecule has 36 heavy (non-hydrogen) atoms. The van der Waals surface area contributed by atoms with E-state index in [0.717, 1.165) is 20.8 Å². The Morgan fingerprint density at radius 3 is 2.39 bits per heavy atom. The monoisotopic (exact) mass is 553 g/mol. The van der Waals surface area contributed by atoms with Crippen LogP contribution in [-0.4, -0.2) is 17.1 Å². The van der Waals surface area contributed by atoms with Crippen molar-refractivity contribution in [2.24, 2.45) is 0 Å². The number of amides is 2. The lowest BCUT2D eigenvalue weighted by atomic mass is 10.1. The van der Waals surface area contributed by atoms with Gasteiger partial charge in [-0.05, 0) is 47.7 Å². The number of fused-ring (bicyclic) bond motifs is 1. The zero-order valence-corrected chi connectivity index (χ0v) is 21.4. The maximum absolute atomic E-state index is 13.6. The number of anilines is 2. The molecule has 0 aliphatic carbocycles. The van der Waals surface area contributed by atoms with Crippen LogP contribution in [0.3, 0.4) is 0 Å². The molecule has 0 radical (unpaired) electrons. The van der Waals surface area contributed by atoms with Crippen LogP contribution >= 0.6 is 27.7 Å². The van der Waals surface area contributed by atoms with E-state index in [1.54, 1.807) is 18.2 Å². The highest BCUT2D eigenvalue weighted by molar-refractivity contribution is 9.10. The molecule has 1 aliphatic rings. The first kappa shape index (κ1) is 23.9. The molecule has 0 bridgehead atoms. The molecule has 1 heterocycles. The molecule has 1 fully saturated rings. The van der Waals surface area contributed by atoms with Crippen molar-refractivity contribution in [1.29, 1.82) is 5.26 Å². The Morgan fingerprint density at radius 2 is 1.64 bits per heavy atom. The maximum Gasteiger partial charge on any atom is 0.269 e. The lowest BCUT2D eigenvalue weighted by Crippen LogP contribution is -2.30. The summed E-state index contributed by atoms with van der Waals surface area (Å²) in [6, 6.07) is 32.3. The van der Waals surface area contributed by atoms with Gasteiger partial charge in [0, 0.05) is 21.2 Å². The summed E-state index contributed by atoms with van der Waals surface area (Å²) >= 11 is 4.69. The van der Waals surface area contributed by atoms with E-state index in [1.807, 2.05) is 78.9 Å². The minimum Gasteiger partial charge on any atom is -0.321 e. The zero-order valence-electron chi connectivity index (χ0n) is 19.0. The summed E-state index contributed by atoms with van der Waals surface area (Å²) in [5.41, 5.74) is 2.13.